The number of aromatic amines is 1. The van der Waals surface area contributed by atoms with E-state index in [0.717, 1.165) is 16.5 Å². The van der Waals surface area contributed by atoms with E-state index in [9.17, 15) is 4.79 Å². The molecule has 0 unspecified atom stereocenters. The van der Waals surface area contributed by atoms with Crippen LogP contribution in [0.15, 0.2) is 29.3 Å². The fourth-order valence-electron chi connectivity index (χ4n) is 1.79. The minimum Gasteiger partial charge on any atom is -0.480 e. The van der Waals surface area contributed by atoms with Crippen LogP contribution in [-0.2, 0) is 11.2 Å². The van der Waals surface area contributed by atoms with Crippen LogP contribution in [-0.4, -0.2) is 28.4 Å². The van der Waals surface area contributed by atoms with Gasteiger partial charge in [0.15, 0.2) is 0 Å². The quantitative estimate of drug-likeness (QED) is 0.723. The van der Waals surface area contributed by atoms with E-state index in [1.807, 2.05) is 24.6 Å². The van der Waals surface area contributed by atoms with Crippen molar-refractivity contribution in [3.8, 4) is 0 Å². The van der Waals surface area contributed by atoms with E-state index in [2.05, 4.69) is 11.1 Å². The lowest BCUT2D eigenvalue weighted by atomic mass is 10.1. The molecule has 0 fully saturated rings. The number of thioether (sulfide) groups is 1. The van der Waals surface area contributed by atoms with E-state index in [1.54, 1.807) is 11.8 Å². The van der Waals surface area contributed by atoms with Gasteiger partial charge in [0.1, 0.15) is 6.04 Å². The summed E-state index contributed by atoms with van der Waals surface area (Å²) >= 11 is 1.67. The smallest absolute Gasteiger partial charge is 0.320 e. The number of fused-ring (bicyclic) bond motifs is 1. The molecule has 0 radical (unpaired) electrons. The van der Waals surface area contributed by atoms with Crippen molar-refractivity contribution in [2.45, 2.75) is 17.4 Å². The van der Waals surface area contributed by atoms with Gasteiger partial charge in [0.05, 0.1) is 0 Å². The van der Waals surface area contributed by atoms with Gasteiger partial charge in [0.25, 0.3) is 0 Å². The fraction of sp³-hybridized carbons (Fsp3) is 0.250. The second-order valence-electron chi connectivity index (χ2n) is 3.87. The largest absolute Gasteiger partial charge is 0.480 e. The molecular formula is C12H14N2O2S. The molecule has 0 saturated heterocycles. The molecule has 0 aliphatic rings. The number of rotatable bonds is 4. The van der Waals surface area contributed by atoms with E-state index in [4.69, 9.17) is 10.8 Å². The Morgan fingerprint density at radius 2 is 2.35 bits per heavy atom. The van der Waals surface area contributed by atoms with Gasteiger partial charge >= 0.3 is 5.97 Å². The molecule has 4 nitrogen and oxygen atoms in total. The first-order chi connectivity index (χ1) is 8.11. The van der Waals surface area contributed by atoms with Crippen molar-refractivity contribution in [1.82, 2.24) is 4.98 Å². The summed E-state index contributed by atoms with van der Waals surface area (Å²) in [7, 11) is 0. The third-order valence-corrected chi connectivity index (χ3v) is 3.46. The monoisotopic (exact) mass is 250 g/mol. The minimum atomic E-state index is -0.972. The van der Waals surface area contributed by atoms with Gasteiger partial charge in [-0.15, -0.1) is 11.8 Å². The molecule has 2 rings (SSSR count). The van der Waals surface area contributed by atoms with Crippen molar-refractivity contribution in [3.63, 3.8) is 0 Å². The van der Waals surface area contributed by atoms with Crippen LogP contribution in [0.25, 0.3) is 10.9 Å². The molecule has 1 aromatic heterocycles. The highest BCUT2D eigenvalue weighted by atomic mass is 32.2. The highest BCUT2D eigenvalue weighted by Crippen LogP contribution is 2.24. The number of aromatic nitrogens is 1. The Morgan fingerprint density at radius 3 is 3.00 bits per heavy atom. The second-order valence-corrected chi connectivity index (χ2v) is 4.75. The number of hydrogen-bond acceptors (Lipinski definition) is 3. The van der Waals surface area contributed by atoms with Gasteiger partial charge in [0.2, 0.25) is 0 Å². The Hall–Kier alpha value is -1.46. The number of carboxylic acids is 1. The first-order valence-electron chi connectivity index (χ1n) is 5.24. The van der Waals surface area contributed by atoms with Crippen molar-refractivity contribution in [1.29, 1.82) is 0 Å². The van der Waals surface area contributed by atoms with E-state index in [1.165, 1.54) is 4.90 Å². The lowest BCUT2D eigenvalue weighted by molar-refractivity contribution is -0.138. The zero-order valence-electron chi connectivity index (χ0n) is 9.43. The first-order valence-corrected chi connectivity index (χ1v) is 6.46. The van der Waals surface area contributed by atoms with Crippen LogP contribution in [0.5, 0.6) is 0 Å². The molecule has 17 heavy (non-hydrogen) atoms. The van der Waals surface area contributed by atoms with Gasteiger partial charge < -0.3 is 15.8 Å². The van der Waals surface area contributed by atoms with E-state index in [-0.39, 0.29) is 0 Å². The van der Waals surface area contributed by atoms with E-state index in [0.29, 0.717) is 6.42 Å². The SMILES string of the molecule is CSc1ccc2c(C[C@H](N)C(=O)O)c[nH]c2c1. The maximum atomic E-state index is 10.7. The fourth-order valence-corrected chi connectivity index (χ4v) is 2.23. The van der Waals surface area contributed by atoms with Crippen molar-refractivity contribution in [3.05, 3.63) is 30.0 Å². The predicted molar refractivity (Wildman–Crippen MR) is 69.4 cm³/mol. The maximum Gasteiger partial charge on any atom is 0.320 e. The average molecular weight is 250 g/mol. The number of benzene rings is 1. The van der Waals surface area contributed by atoms with Crippen LogP contribution in [0.3, 0.4) is 0 Å². The van der Waals surface area contributed by atoms with Crippen LogP contribution in [0.4, 0.5) is 0 Å². The molecule has 2 aromatic rings. The first kappa shape index (κ1) is 12.0. The van der Waals surface area contributed by atoms with Crippen molar-refractivity contribution >= 4 is 28.6 Å². The highest BCUT2D eigenvalue weighted by molar-refractivity contribution is 7.98. The Bertz CT molecular complexity index is 550. The Balaban J connectivity index is 2.33. The van der Waals surface area contributed by atoms with Crippen molar-refractivity contribution in [2.75, 3.05) is 6.26 Å². The standard InChI is InChI=1S/C12H14N2O2S/c1-17-8-2-3-9-7(4-10(13)12(15)16)6-14-11(9)5-8/h2-3,5-6,10,14H,4,13H2,1H3,(H,15,16)/t10-/m0/s1. The Kier molecular flexibility index (Phi) is 3.40. The molecule has 0 aliphatic heterocycles. The summed E-state index contributed by atoms with van der Waals surface area (Å²) in [6, 6.07) is 5.22. The summed E-state index contributed by atoms with van der Waals surface area (Å²) in [6.07, 6.45) is 4.19. The number of H-pyrrole nitrogens is 1. The molecule has 1 aromatic carbocycles. The average Bonchev–Trinajstić information content (AvgIpc) is 2.71. The van der Waals surface area contributed by atoms with Gasteiger partial charge in [-0.05, 0) is 24.0 Å². The van der Waals surface area contributed by atoms with Crippen LogP contribution in [0, 0.1) is 0 Å². The maximum absolute atomic E-state index is 10.7. The topological polar surface area (TPSA) is 79.1 Å². The molecule has 1 atom stereocenters. The van der Waals surface area contributed by atoms with Gasteiger partial charge in [-0.2, -0.15) is 0 Å². The molecule has 4 N–H and O–H groups in total. The normalized spacial score (nSPS) is 12.8. The number of aliphatic carboxylic acids is 1. The van der Waals surface area contributed by atoms with Crippen LogP contribution < -0.4 is 5.73 Å². The summed E-state index contributed by atoms with van der Waals surface area (Å²) in [4.78, 5) is 15.0. The number of hydrogen-bond donors (Lipinski definition) is 3. The van der Waals surface area contributed by atoms with Crippen molar-refractivity contribution in [2.24, 2.45) is 5.73 Å². The molecule has 0 aliphatic carbocycles. The number of carboxylic acid groups (broad SMARTS) is 1. The van der Waals surface area contributed by atoms with Crippen LogP contribution in [0.1, 0.15) is 5.56 Å². The van der Waals surface area contributed by atoms with Gasteiger partial charge in [0, 0.05) is 28.4 Å². The van der Waals surface area contributed by atoms with Crippen LogP contribution in [0.2, 0.25) is 0 Å². The lowest BCUT2D eigenvalue weighted by Gasteiger charge is -2.05. The summed E-state index contributed by atoms with van der Waals surface area (Å²) in [6.45, 7) is 0. The zero-order chi connectivity index (χ0) is 12.4. The van der Waals surface area contributed by atoms with Crippen LogP contribution >= 0.6 is 11.8 Å². The number of nitrogens with one attached hydrogen (secondary N) is 1. The third-order valence-electron chi connectivity index (χ3n) is 2.73. The molecular weight excluding hydrogens is 236 g/mol. The van der Waals surface area contributed by atoms with Gasteiger partial charge in [-0.25, -0.2) is 0 Å². The number of carbonyl (C=O) groups is 1. The molecule has 0 spiro atoms. The number of nitrogens with two attached hydrogens (primary N) is 1. The molecule has 1 heterocycles. The van der Waals surface area contributed by atoms with Gasteiger partial charge in [-0.1, -0.05) is 6.07 Å². The molecule has 5 heteroatoms. The summed E-state index contributed by atoms with van der Waals surface area (Å²) in [5.74, 6) is -0.972. The lowest BCUT2D eigenvalue weighted by Crippen LogP contribution is -2.32. The second kappa shape index (κ2) is 4.81. The summed E-state index contributed by atoms with van der Waals surface area (Å²) < 4.78 is 0. The molecule has 0 bridgehead atoms. The highest BCUT2D eigenvalue weighted by Gasteiger charge is 2.14. The summed E-state index contributed by atoms with van der Waals surface area (Å²) in [5.41, 5.74) is 7.50. The minimum absolute atomic E-state index is 0.341. The molecule has 90 valence electrons. The zero-order valence-corrected chi connectivity index (χ0v) is 10.3. The van der Waals surface area contributed by atoms with Gasteiger partial charge in [-0.3, -0.25) is 4.79 Å². The van der Waals surface area contributed by atoms with E-state index >= 15 is 0 Å². The molecule has 0 saturated carbocycles. The Morgan fingerprint density at radius 1 is 1.59 bits per heavy atom. The summed E-state index contributed by atoms with van der Waals surface area (Å²) in [5, 5.41) is 9.84. The van der Waals surface area contributed by atoms with E-state index < -0.39 is 12.0 Å². The third kappa shape index (κ3) is 2.45. The van der Waals surface area contributed by atoms with Crippen molar-refractivity contribution < 1.29 is 9.90 Å². The molecule has 0 amide bonds. The predicted octanol–water partition coefficient (Wildman–Crippen LogP) is 1.84. The Labute approximate surface area is 103 Å².